The highest BCUT2D eigenvalue weighted by Gasteiger charge is 2.60. The molecule has 0 heterocycles. The van der Waals surface area contributed by atoms with Crippen LogP contribution in [0.15, 0.2) is 0 Å². The third kappa shape index (κ3) is 1.92. The van der Waals surface area contributed by atoms with Crippen LogP contribution in [0.1, 0.15) is 71.6 Å². The summed E-state index contributed by atoms with van der Waals surface area (Å²) in [5.74, 6) is 3.84. The molecule has 0 amide bonds. The van der Waals surface area contributed by atoms with Crippen molar-refractivity contribution in [2.75, 3.05) is 7.11 Å². The fraction of sp³-hybridized carbons (Fsp3) is 0.950. The number of hydrogen-bond acceptors (Lipinski definition) is 2. The molecular formula is C20H32O2. The molecule has 0 spiro atoms. The average molecular weight is 304 g/mol. The van der Waals surface area contributed by atoms with Gasteiger partial charge in [-0.05, 0) is 79.4 Å². The van der Waals surface area contributed by atoms with Gasteiger partial charge in [-0.3, -0.25) is 4.79 Å². The molecule has 4 saturated carbocycles. The number of ketones is 1. The summed E-state index contributed by atoms with van der Waals surface area (Å²) in [5, 5.41) is 0. The molecule has 7 atom stereocenters. The maximum atomic E-state index is 11.9. The third-order valence-corrected chi connectivity index (χ3v) is 8.68. The van der Waals surface area contributed by atoms with E-state index in [1.165, 1.54) is 38.5 Å². The molecule has 2 nitrogen and oxygen atoms in total. The number of Topliss-reactive ketones (excluding diaryl/α,β-unsaturated/α-hetero) is 1. The van der Waals surface area contributed by atoms with Gasteiger partial charge in [0.05, 0.1) is 6.10 Å². The Bertz CT molecular complexity index is 472. The van der Waals surface area contributed by atoms with Gasteiger partial charge in [-0.1, -0.05) is 13.8 Å². The number of fused-ring (bicyclic) bond motifs is 5. The second kappa shape index (κ2) is 5.06. The number of carbonyl (C=O) groups is 1. The summed E-state index contributed by atoms with van der Waals surface area (Å²) >= 11 is 0. The molecule has 0 N–H and O–H groups in total. The number of ether oxygens (including phenoxy) is 1. The van der Waals surface area contributed by atoms with Crippen LogP contribution in [-0.4, -0.2) is 19.0 Å². The Kier molecular flexibility index (Phi) is 3.49. The molecule has 0 aliphatic heterocycles. The molecule has 0 aromatic heterocycles. The van der Waals surface area contributed by atoms with Crippen molar-refractivity contribution in [2.45, 2.75) is 77.7 Å². The van der Waals surface area contributed by atoms with Crippen molar-refractivity contribution in [2.24, 2.45) is 34.5 Å². The lowest BCUT2D eigenvalue weighted by molar-refractivity contribution is -0.143. The first-order chi connectivity index (χ1) is 10.5. The monoisotopic (exact) mass is 304 g/mol. The summed E-state index contributed by atoms with van der Waals surface area (Å²) < 4.78 is 5.86. The van der Waals surface area contributed by atoms with Crippen molar-refractivity contribution in [1.82, 2.24) is 0 Å². The van der Waals surface area contributed by atoms with Gasteiger partial charge in [0.15, 0.2) is 0 Å². The molecule has 0 bridgehead atoms. The first-order valence-corrected chi connectivity index (χ1v) is 9.53. The Morgan fingerprint density at radius 3 is 2.50 bits per heavy atom. The van der Waals surface area contributed by atoms with Crippen molar-refractivity contribution in [3.8, 4) is 0 Å². The molecule has 0 saturated heterocycles. The third-order valence-electron chi connectivity index (χ3n) is 8.68. The van der Waals surface area contributed by atoms with Gasteiger partial charge in [0.2, 0.25) is 0 Å². The summed E-state index contributed by atoms with van der Waals surface area (Å²) in [6, 6.07) is 0. The predicted octanol–water partition coefficient (Wildman–Crippen LogP) is 4.61. The van der Waals surface area contributed by atoms with Gasteiger partial charge in [0.25, 0.3) is 0 Å². The highest BCUT2D eigenvalue weighted by Crippen LogP contribution is 2.66. The Morgan fingerprint density at radius 2 is 1.73 bits per heavy atom. The normalized spacial score (nSPS) is 54.5. The summed E-state index contributed by atoms with van der Waals surface area (Å²) in [6.07, 6.45) is 11.4. The fourth-order valence-corrected chi connectivity index (χ4v) is 7.38. The van der Waals surface area contributed by atoms with E-state index in [9.17, 15) is 4.79 Å². The van der Waals surface area contributed by atoms with Gasteiger partial charge in [-0.15, -0.1) is 0 Å². The van der Waals surface area contributed by atoms with Crippen LogP contribution in [0.5, 0.6) is 0 Å². The molecular weight excluding hydrogens is 272 g/mol. The topological polar surface area (TPSA) is 26.3 Å². The van der Waals surface area contributed by atoms with Crippen LogP contribution in [0.4, 0.5) is 0 Å². The first-order valence-electron chi connectivity index (χ1n) is 9.53. The summed E-state index contributed by atoms with van der Waals surface area (Å²) in [7, 11) is 1.91. The van der Waals surface area contributed by atoms with E-state index in [4.69, 9.17) is 4.74 Å². The Balaban J connectivity index is 1.62. The van der Waals surface area contributed by atoms with E-state index in [1.54, 1.807) is 0 Å². The van der Waals surface area contributed by atoms with E-state index in [0.717, 1.165) is 37.0 Å². The van der Waals surface area contributed by atoms with E-state index < -0.39 is 0 Å². The number of carbonyl (C=O) groups excluding carboxylic acids is 1. The van der Waals surface area contributed by atoms with Crippen molar-refractivity contribution >= 4 is 5.78 Å². The SMILES string of the molecule is CO[C@@H]1CC[C@@H]2[C@@H]3CC[C@H]4CC(=O)CC[C@]4(C)[C@@H]3CC[C@@]21C. The zero-order valence-corrected chi connectivity index (χ0v) is 14.6. The van der Waals surface area contributed by atoms with Crippen LogP contribution in [0, 0.1) is 34.5 Å². The molecule has 4 rings (SSSR count). The largest absolute Gasteiger partial charge is 0.381 e. The van der Waals surface area contributed by atoms with Crippen molar-refractivity contribution < 1.29 is 9.53 Å². The second-order valence-electron chi connectivity index (χ2n) is 9.25. The zero-order valence-electron chi connectivity index (χ0n) is 14.6. The minimum Gasteiger partial charge on any atom is -0.381 e. The van der Waals surface area contributed by atoms with Gasteiger partial charge >= 0.3 is 0 Å². The van der Waals surface area contributed by atoms with Crippen LogP contribution in [0.25, 0.3) is 0 Å². The molecule has 2 heteroatoms. The van der Waals surface area contributed by atoms with Gasteiger partial charge in [0, 0.05) is 20.0 Å². The second-order valence-corrected chi connectivity index (χ2v) is 9.25. The lowest BCUT2D eigenvalue weighted by atomic mass is 9.45. The van der Waals surface area contributed by atoms with E-state index in [0.29, 0.717) is 28.6 Å². The van der Waals surface area contributed by atoms with E-state index in [1.807, 2.05) is 7.11 Å². The minimum absolute atomic E-state index is 0.420. The highest BCUT2D eigenvalue weighted by atomic mass is 16.5. The molecule has 0 unspecified atom stereocenters. The highest BCUT2D eigenvalue weighted by molar-refractivity contribution is 5.79. The van der Waals surface area contributed by atoms with E-state index in [2.05, 4.69) is 13.8 Å². The van der Waals surface area contributed by atoms with Crippen LogP contribution in [0.2, 0.25) is 0 Å². The quantitative estimate of drug-likeness (QED) is 0.707. The molecule has 22 heavy (non-hydrogen) atoms. The van der Waals surface area contributed by atoms with Crippen LogP contribution >= 0.6 is 0 Å². The fourth-order valence-electron chi connectivity index (χ4n) is 7.38. The van der Waals surface area contributed by atoms with Crippen molar-refractivity contribution in [3.63, 3.8) is 0 Å². The average Bonchev–Trinajstić information content (AvgIpc) is 2.84. The smallest absolute Gasteiger partial charge is 0.133 e. The molecule has 4 fully saturated rings. The summed E-state index contributed by atoms with van der Waals surface area (Å²) in [6.45, 7) is 5.04. The summed E-state index contributed by atoms with van der Waals surface area (Å²) in [5.41, 5.74) is 0.868. The Morgan fingerprint density at radius 1 is 0.955 bits per heavy atom. The van der Waals surface area contributed by atoms with Crippen LogP contribution in [-0.2, 0) is 9.53 Å². The molecule has 4 aliphatic rings. The molecule has 124 valence electrons. The molecule has 0 radical (unpaired) electrons. The van der Waals surface area contributed by atoms with Crippen molar-refractivity contribution in [3.05, 3.63) is 0 Å². The lowest BCUT2D eigenvalue weighted by Gasteiger charge is -2.60. The van der Waals surface area contributed by atoms with Crippen LogP contribution in [0.3, 0.4) is 0 Å². The van der Waals surface area contributed by atoms with Gasteiger partial charge in [-0.25, -0.2) is 0 Å². The van der Waals surface area contributed by atoms with E-state index in [-0.39, 0.29) is 0 Å². The van der Waals surface area contributed by atoms with Crippen LogP contribution < -0.4 is 0 Å². The maximum Gasteiger partial charge on any atom is 0.133 e. The van der Waals surface area contributed by atoms with Gasteiger partial charge in [0.1, 0.15) is 5.78 Å². The standard InChI is InChI=1S/C20H32O2/c1-19-10-8-14(21)12-13(19)4-5-15-16-6-7-18(22-3)20(16,2)11-9-17(15)19/h13,15-18H,4-12H2,1-3H3/t13-,15-,16+,17+,18+,19-,20-/m0/s1. The summed E-state index contributed by atoms with van der Waals surface area (Å²) in [4.78, 5) is 11.9. The maximum absolute atomic E-state index is 11.9. The lowest BCUT2D eigenvalue weighted by Crippen LogP contribution is -2.54. The molecule has 0 aromatic rings. The number of hydrogen-bond donors (Lipinski definition) is 0. The predicted molar refractivity (Wildman–Crippen MR) is 87.5 cm³/mol. The van der Waals surface area contributed by atoms with Gasteiger partial charge in [-0.2, -0.15) is 0 Å². The Labute approximate surface area is 135 Å². The van der Waals surface area contributed by atoms with Gasteiger partial charge < -0.3 is 4.74 Å². The minimum atomic E-state index is 0.420. The number of methoxy groups -OCH3 is 1. The van der Waals surface area contributed by atoms with E-state index >= 15 is 0 Å². The van der Waals surface area contributed by atoms with Crippen molar-refractivity contribution in [1.29, 1.82) is 0 Å². The molecule has 4 aliphatic carbocycles. The number of rotatable bonds is 1. The molecule has 0 aromatic carbocycles. The first kappa shape index (κ1) is 15.2. The Hall–Kier alpha value is -0.370. The zero-order chi connectivity index (χ0) is 15.5.